The monoisotopic (exact) mass is 291 g/mol. The van der Waals surface area contributed by atoms with Crippen LogP contribution in [0.1, 0.15) is 35.4 Å². The predicted octanol–water partition coefficient (Wildman–Crippen LogP) is 3.97. The molecule has 1 fully saturated rings. The number of aryl methyl sites for hydroxylation is 1. The molecule has 4 heteroatoms. The molecule has 106 valence electrons. The van der Waals surface area contributed by atoms with Gasteiger partial charge in [0.25, 0.3) is 5.91 Å². The van der Waals surface area contributed by atoms with E-state index in [-0.39, 0.29) is 5.91 Å². The SMILES string of the molecule is Cc1ccc2oc(C(=O)N(CCCl)C3CCC3)cc2c1. The minimum Gasteiger partial charge on any atom is -0.451 e. The summed E-state index contributed by atoms with van der Waals surface area (Å²) < 4.78 is 5.70. The van der Waals surface area contributed by atoms with Crippen LogP contribution in [0, 0.1) is 6.92 Å². The molecule has 1 aromatic carbocycles. The third-order valence-corrected chi connectivity index (χ3v) is 4.15. The Morgan fingerprint density at radius 2 is 2.20 bits per heavy atom. The lowest BCUT2D eigenvalue weighted by molar-refractivity contribution is 0.0568. The lowest BCUT2D eigenvalue weighted by atomic mass is 9.91. The first-order chi connectivity index (χ1) is 9.69. The first kappa shape index (κ1) is 13.5. The quantitative estimate of drug-likeness (QED) is 0.799. The number of nitrogens with zero attached hydrogens (tertiary/aromatic N) is 1. The average Bonchev–Trinajstić information content (AvgIpc) is 2.78. The van der Waals surface area contributed by atoms with Crippen molar-refractivity contribution in [3.8, 4) is 0 Å². The highest BCUT2D eigenvalue weighted by Crippen LogP contribution is 2.28. The van der Waals surface area contributed by atoms with Gasteiger partial charge in [0.1, 0.15) is 5.58 Å². The number of carbonyl (C=O) groups is 1. The Bertz CT molecular complexity index is 630. The summed E-state index contributed by atoms with van der Waals surface area (Å²) in [7, 11) is 0. The summed E-state index contributed by atoms with van der Waals surface area (Å²) in [6.45, 7) is 2.61. The van der Waals surface area contributed by atoms with E-state index in [2.05, 4.69) is 0 Å². The third-order valence-electron chi connectivity index (χ3n) is 3.98. The van der Waals surface area contributed by atoms with Crippen molar-refractivity contribution in [2.24, 2.45) is 0 Å². The van der Waals surface area contributed by atoms with Crippen molar-refractivity contribution in [3.05, 3.63) is 35.6 Å². The molecule has 2 aromatic rings. The molecule has 20 heavy (non-hydrogen) atoms. The maximum Gasteiger partial charge on any atom is 0.289 e. The minimum absolute atomic E-state index is 0.0378. The molecule has 1 saturated carbocycles. The van der Waals surface area contributed by atoms with Gasteiger partial charge in [0.2, 0.25) is 0 Å². The molecule has 3 rings (SSSR count). The predicted molar refractivity (Wildman–Crippen MR) is 80.3 cm³/mol. The van der Waals surface area contributed by atoms with Crippen LogP contribution in [-0.4, -0.2) is 29.3 Å². The van der Waals surface area contributed by atoms with E-state index in [1.165, 1.54) is 6.42 Å². The Morgan fingerprint density at radius 1 is 1.40 bits per heavy atom. The Morgan fingerprint density at radius 3 is 2.85 bits per heavy atom. The molecule has 1 aromatic heterocycles. The second kappa shape index (κ2) is 5.49. The molecule has 0 aliphatic heterocycles. The second-order valence-corrected chi connectivity index (χ2v) is 5.80. The van der Waals surface area contributed by atoms with Gasteiger partial charge >= 0.3 is 0 Å². The summed E-state index contributed by atoms with van der Waals surface area (Å²) in [6.07, 6.45) is 3.33. The van der Waals surface area contributed by atoms with E-state index in [0.29, 0.717) is 24.2 Å². The van der Waals surface area contributed by atoms with Gasteiger partial charge in [0.15, 0.2) is 5.76 Å². The molecule has 0 bridgehead atoms. The van der Waals surface area contributed by atoms with Gasteiger partial charge in [-0.05, 0) is 44.4 Å². The highest BCUT2D eigenvalue weighted by Gasteiger charge is 2.30. The molecule has 0 unspecified atom stereocenters. The number of halogens is 1. The van der Waals surface area contributed by atoms with E-state index >= 15 is 0 Å². The number of amides is 1. The fraction of sp³-hybridized carbons (Fsp3) is 0.438. The standard InChI is InChI=1S/C16H18ClNO2/c1-11-5-6-14-12(9-11)10-15(20-14)16(19)18(8-7-17)13-3-2-4-13/h5-6,9-10,13H,2-4,7-8H2,1H3. The number of carbonyl (C=O) groups excluding carboxylic acids is 1. The topological polar surface area (TPSA) is 33.5 Å². The van der Waals surface area contributed by atoms with Crippen LogP contribution in [0.2, 0.25) is 0 Å². The van der Waals surface area contributed by atoms with E-state index in [9.17, 15) is 4.79 Å². The number of hydrogen-bond donors (Lipinski definition) is 0. The smallest absolute Gasteiger partial charge is 0.289 e. The van der Waals surface area contributed by atoms with E-state index in [1.807, 2.05) is 36.1 Å². The Labute approximate surface area is 123 Å². The van der Waals surface area contributed by atoms with E-state index in [1.54, 1.807) is 0 Å². The number of hydrogen-bond acceptors (Lipinski definition) is 2. The summed E-state index contributed by atoms with van der Waals surface area (Å²) in [6, 6.07) is 8.10. The Hall–Kier alpha value is -1.48. The van der Waals surface area contributed by atoms with Crippen molar-refractivity contribution < 1.29 is 9.21 Å². The first-order valence-corrected chi connectivity index (χ1v) is 7.59. The van der Waals surface area contributed by atoms with Crippen molar-refractivity contribution in [1.29, 1.82) is 0 Å². The lowest BCUT2D eigenvalue weighted by Gasteiger charge is -2.36. The molecule has 0 atom stereocenters. The van der Waals surface area contributed by atoms with E-state index in [4.69, 9.17) is 16.0 Å². The summed E-state index contributed by atoms with van der Waals surface area (Å²) in [5, 5.41) is 0.979. The molecule has 1 aliphatic carbocycles. The number of fused-ring (bicyclic) bond motifs is 1. The lowest BCUT2D eigenvalue weighted by Crippen LogP contribution is -2.45. The van der Waals surface area contributed by atoms with E-state index < -0.39 is 0 Å². The van der Waals surface area contributed by atoms with Crippen molar-refractivity contribution >= 4 is 28.5 Å². The van der Waals surface area contributed by atoms with Crippen LogP contribution in [0.25, 0.3) is 11.0 Å². The summed E-state index contributed by atoms with van der Waals surface area (Å²) >= 11 is 5.83. The molecule has 1 heterocycles. The van der Waals surface area contributed by atoms with Crippen LogP contribution in [0.3, 0.4) is 0 Å². The zero-order chi connectivity index (χ0) is 14.1. The zero-order valence-corrected chi connectivity index (χ0v) is 12.3. The highest BCUT2D eigenvalue weighted by atomic mass is 35.5. The minimum atomic E-state index is -0.0378. The normalized spacial score (nSPS) is 15.3. The molecular formula is C16H18ClNO2. The van der Waals surface area contributed by atoms with Crippen LogP contribution in [0.5, 0.6) is 0 Å². The molecule has 0 saturated heterocycles. The van der Waals surface area contributed by atoms with Gasteiger partial charge in [-0.2, -0.15) is 0 Å². The Balaban J connectivity index is 1.89. The van der Waals surface area contributed by atoms with Gasteiger partial charge in [0.05, 0.1) is 0 Å². The molecule has 0 radical (unpaired) electrons. The zero-order valence-electron chi connectivity index (χ0n) is 11.6. The maximum absolute atomic E-state index is 12.6. The number of rotatable bonds is 4. The van der Waals surface area contributed by atoms with Gasteiger partial charge in [-0.25, -0.2) is 0 Å². The summed E-state index contributed by atoms with van der Waals surface area (Å²) in [5.74, 6) is 0.841. The van der Waals surface area contributed by atoms with Crippen LogP contribution < -0.4 is 0 Å². The number of benzene rings is 1. The molecule has 1 aliphatic rings. The molecule has 0 spiro atoms. The largest absolute Gasteiger partial charge is 0.451 e. The van der Waals surface area contributed by atoms with Crippen molar-refractivity contribution in [2.45, 2.75) is 32.2 Å². The average molecular weight is 292 g/mol. The fourth-order valence-corrected chi connectivity index (χ4v) is 2.83. The maximum atomic E-state index is 12.6. The molecular weight excluding hydrogens is 274 g/mol. The number of alkyl halides is 1. The second-order valence-electron chi connectivity index (χ2n) is 5.42. The molecule has 0 N–H and O–H groups in total. The van der Waals surface area contributed by atoms with Crippen molar-refractivity contribution in [1.82, 2.24) is 4.90 Å². The van der Waals surface area contributed by atoms with Gasteiger partial charge in [-0.3, -0.25) is 4.79 Å². The van der Waals surface area contributed by atoms with Crippen LogP contribution in [0.15, 0.2) is 28.7 Å². The van der Waals surface area contributed by atoms with E-state index in [0.717, 1.165) is 29.4 Å². The highest BCUT2D eigenvalue weighted by molar-refractivity contribution is 6.18. The van der Waals surface area contributed by atoms with Crippen LogP contribution in [0.4, 0.5) is 0 Å². The van der Waals surface area contributed by atoms with Gasteiger partial charge < -0.3 is 9.32 Å². The van der Waals surface area contributed by atoms with Gasteiger partial charge in [0, 0.05) is 23.9 Å². The Kier molecular flexibility index (Phi) is 3.70. The third kappa shape index (κ3) is 2.42. The van der Waals surface area contributed by atoms with Gasteiger partial charge in [-0.1, -0.05) is 11.6 Å². The summed E-state index contributed by atoms with van der Waals surface area (Å²) in [5.41, 5.74) is 1.92. The molecule has 1 amide bonds. The first-order valence-electron chi connectivity index (χ1n) is 7.06. The molecule has 3 nitrogen and oxygen atoms in total. The number of furan rings is 1. The van der Waals surface area contributed by atoms with Crippen LogP contribution >= 0.6 is 11.6 Å². The fourth-order valence-electron chi connectivity index (χ4n) is 2.65. The van der Waals surface area contributed by atoms with Gasteiger partial charge in [-0.15, -0.1) is 11.6 Å². The van der Waals surface area contributed by atoms with Crippen molar-refractivity contribution in [2.75, 3.05) is 12.4 Å². The summed E-state index contributed by atoms with van der Waals surface area (Å²) in [4.78, 5) is 14.5. The van der Waals surface area contributed by atoms with Crippen LogP contribution in [-0.2, 0) is 0 Å². The van der Waals surface area contributed by atoms with Crippen molar-refractivity contribution in [3.63, 3.8) is 0 Å².